The Hall–Kier alpha value is -0.970. The molecule has 5 nitrogen and oxygen atoms in total. The van der Waals surface area contributed by atoms with E-state index in [4.69, 9.17) is 9.05 Å². The maximum atomic E-state index is 11.9. The van der Waals surface area contributed by atoms with E-state index in [1.165, 1.54) is 18.2 Å². The maximum absolute atomic E-state index is 11.9. The Bertz CT molecular complexity index is 487. The Morgan fingerprint density at radius 1 is 1.56 bits per heavy atom. The van der Waals surface area contributed by atoms with Gasteiger partial charge in [-0.2, -0.15) is 0 Å². The normalized spacial score (nSPS) is 23.7. The molecule has 1 N–H and O–H groups in total. The van der Waals surface area contributed by atoms with Crippen molar-refractivity contribution in [2.75, 3.05) is 6.61 Å². The summed E-state index contributed by atoms with van der Waals surface area (Å²) in [5.74, 6) is 0.193. The lowest BCUT2D eigenvalue weighted by Gasteiger charge is -2.22. The topological polar surface area (TPSA) is 72.8 Å². The van der Waals surface area contributed by atoms with Gasteiger partial charge in [-0.1, -0.05) is 0 Å². The number of aromatic hydroxyl groups is 1. The zero-order chi connectivity index (χ0) is 11.8. The summed E-state index contributed by atoms with van der Waals surface area (Å²) in [6, 6.07) is 4.27. The van der Waals surface area contributed by atoms with E-state index < -0.39 is 12.5 Å². The zero-order valence-corrected chi connectivity index (χ0v) is 10.1. The van der Waals surface area contributed by atoms with Gasteiger partial charge in [-0.05, 0) is 30.8 Å². The van der Waals surface area contributed by atoms with Gasteiger partial charge in [0.25, 0.3) is 0 Å². The molecule has 0 bridgehead atoms. The molecule has 1 heterocycles. The van der Waals surface area contributed by atoms with Crippen LogP contribution in [0.5, 0.6) is 11.5 Å². The fourth-order valence-corrected chi connectivity index (χ4v) is 3.80. The summed E-state index contributed by atoms with van der Waals surface area (Å²) < 4.78 is 21.9. The minimum atomic E-state index is -3.74. The average molecular weight is 260 g/mol. The van der Waals surface area contributed by atoms with Gasteiger partial charge in [0.2, 0.25) is 0 Å². The van der Waals surface area contributed by atoms with Crippen molar-refractivity contribution in [1.82, 2.24) is 0 Å². The highest BCUT2D eigenvalue weighted by Crippen LogP contribution is 2.60. The first-order valence-electron chi connectivity index (χ1n) is 4.55. The molecule has 2 rings (SSSR count). The fraction of sp³-hybridized carbons (Fsp3) is 0.222. The molecule has 1 atom stereocenters. The van der Waals surface area contributed by atoms with Gasteiger partial charge in [-0.25, -0.2) is 4.57 Å². The Morgan fingerprint density at radius 2 is 2.31 bits per heavy atom. The number of benzene rings is 1. The molecule has 1 aromatic rings. The van der Waals surface area contributed by atoms with Crippen molar-refractivity contribution in [3.05, 3.63) is 18.2 Å². The van der Waals surface area contributed by atoms with Crippen LogP contribution in [0.4, 0.5) is 4.79 Å². The standard InChI is InChI=1S/C9H9O5PS/c1-2-13-15(12)9(11)16-8-4-3-6(10)5-7(8)14-15/h3-5,10H,2H2,1H3. The van der Waals surface area contributed by atoms with Gasteiger partial charge < -0.3 is 9.63 Å². The summed E-state index contributed by atoms with van der Waals surface area (Å²) in [5, 5.41) is 9.25. The third-order valence-electron chi connectivity index (χ3n) is 1.87. The molecule has 0 saturated heterocycles. The van der Waals surface area contributed by atoms with Crippen molar-refractivity contribution in [3.63, 3.8) is 0 Å². The predicted octanol–water partition coefficient (Wildman–Crippen LogP) is 3.23. The van der Waals surface area contributed by atoms with E-state index in [9.17, 15) is 14.5 Å². The Morgan fingerprint density at radius 3 is 3.00 bits per heavy atom. The Balaban J connectivity index is 2.40. The van der Waals surface area contributed by atoms with Crippen molar-refractivity contribution >= 4 is 24.2 Å². The largest absolute Gasteiger partial charge is 0.508 e. The minimum Gasteiger partial charge on any atom is -0.508 e. The van der Waals surface area contributed by atoms with Crippen LogP contribution in [-0.4, -0.2) is 16.6 Å². The molecule has 0 saturated carbocycles. The van der Waals surface area contributed by atoms with Gasteiger partial charge in [-0.15, -0.1) is 0 Å². The van der Waals surface area contributed by atoms with E-state index in [1.54, 1.807) is 6.92 Å². The molecule has 86 valence electrons. The van der Waals surface area contributed by atoms with E-state index in [0.29, 0.717) is 4.90 Å². The molecule has 0 fully saturated rings. The van der Waals surface area contributed by atoms with E-state index in [0.717, 1.165) is 11.8 Å². The summed E-state index contributed by atoms with van der Waals surface area (Å²) in [5.41, 5.74) is 0. The highest BCUT2D eigenvalue weighted by molar-refractivity contribution is 8.25. The van der Waals surface area contributed by atoms with Crippen LogP contribution in [0.2, 0.25) is 0 Å². The van der Waals surface area contributed by atoms with Crippen molar-refractivity contribution in [1.29, 1.82) is 0 Å². The number of hydrogen-bond acceptors (Lipinski definition) is 6. The number of hydrogen-bond donors (Lipinski definition) is 1. The van der Waals surface area contributed by atoms with Gasteiger partial charge in [-0.3, -0.25) is 9.32 Å². The third kappa shape index (κ3) is 1.96. The molecule has 0 radical (unpaired) electrons. The molecule has 1 aliphatic heterocycles. The van der Waals surface area contributed by atoms with Crippen LogP contribution in [-0.2, 0) is 9.09 Å². The van der Waals surface area contributed by atoms with Crippen LogP contribution in [0.15, 0.2) is 23.1 Å². The van der Waals surface area contributed by atoms with Crippen molar-refractivity contribution in [2.24, 2.45) is 0 Å². The molecule has 1 aromatic carbocycles. The van der Waals surface area contributed by atoms with Gasteiger partial charge in [0.1, 0.15) is 11.5 Å². The van der Waals surface area contributed by atoms with Crippen molar-refractivity contribution in [2.45, 2.75) is 11.8 Å². The first-order chi connectivity index (χ1) is 7.55. The Kier molecular flexibility index (Phi) is 2.97. The van der Waals surface area contributed by atoms with Gasteiger partial charge in [0.05, 0.1) is 11.5 Å². The molecule has 0 amide bonds. The number of thioether (sulfide) groups is 1. The molecule has 0 aliphatic carbocycles. The summed E-state index contributed by atoms with van der Waals surface area (Å²) in [6.07, 6.45) is 0. The smallest absolute Gasteiger partial charge is 0.457 e. The van der Waals surface area contributed by atoms with E-state index in [2.05, 4.69) is 0 Å². The van der Waals surface area contributed by atoms with Crippen LogP contribution >= 0.6 is 19.4 Å². The first-order valence-corrected chi connectivity index (χ1v) is 6.90. The second kappa shape index (κ2) is 4.13. The van der Waals surface area contributed by atoms with Crippen LogP contribution < -0.4 is 4.52 Å². The number of fused-ring (bicyclic) bond motifs is 1. The zero-order valence-electron chi connectivity index (χ0n) is 8.37. The predicted molar refractivity (Wildman–Crippen MR) is 59.2 cm³/mol. The van der Waals surface area contributed by atoms with Gasteiger partial charge in [0.15, 0.2) is 0 Å². The molecule has 1 unspecified atom stereocenters. The number of carbonyl (C=O) groups excluding carboxylic acids is 1. The molecule has 0 spiro atoms. The summed E-state index contributed by atoms with van der Waals surface area (Å²) in [7, 11) is -3.74. The highest BCUT2D eigenvalue weighted by Gasteiger charge is 2.41. The molecular weight excluding hydrogens is 251 g/mol. The quantitative estimate of drug-likeness (QED) is 0.823. The van der Waals surface area contributed by atoms with Crippen LogP contribution in [0, 0.1) is 0 Å². The fourth-order valence-electron chi connectivity index (χ4n) is 1.22. The molecule has 7 heteroatoms. The summed E-state index contributed by atoms with van der Waals surface area (Å²) in [4.78, 5) is 11.4. The lowest BCUT2D eigenvalue weighted by molar-refractivity contribution is 0.249. The number of phenols is 1. The SMILES string of the molecule is CCOP1(=O)Oc2cc(O)ccc2SC1=O. The molecule has 0 aromatic heterocycles. The number of phenolic OH excluding ortho intramolecular Hbond substituents is 1. The lowest BCUT2D eigenvalue weighted by atomic mass is 10.3. The third-order valence-corrected chi connectivity index (χ3v) is 5.02. The minimum absolute atomic E-state index is 0.0169. The summed E-state index contributed by atoms with van der Waals surface area (Å²) >= 11 is 0.804. The maximum Gasteiger partial charge on any atom is 0.457 e. The average Bonchev–Trinajstić information content (AvgIpc) is 2.21. The molecular formula is C9H9O5PS. The second-order valence-corrected chi connectivity index (χ2v) is 6.16. The first kappa shape index (κ1) is 11.5. The van der Waals surface area contributed by atoms with Gasteiger partial charge in [0, 0.05) is 6.07 Å². The van der Waals surface area contributed by atoms with Crippen LogP contribution in [0.25, 0.3) is 0 Å². The van der Waals surface area contributed by atoms with Gasteiger partial charge >= 0.3 is 12.5 Å². The number of carbonyl (C=O) groups is 1. The molecule has 1 aliphatic rings. The summed E-state index contributed by atoms with van der Waals surface area (Å²) in [6.45, 7) is 1.75. The second-order valence-electron chi connectivity index (χ2n) is 3.01. The van der Waals surface area contributed by atoms with Crippen molar-refractivity contribution in [3.8, 4) is 11.5 Å². The highest BCUT2D eigenvalue weighted by atomic mass is 32.2. The van der Waals surface area contributed by atoms with Crippen molar-refractivity contribution < 1.29 is 23.5 Å². The van der Waals surface area contributed by atoms with E-state index in [-0.39, 0.29) is 18.1 Å². The van der Waals surface area contributed by atoms with E-state index in [1.807, 2.05) is 0 Å². The van der Waals surface area contributed by atoms with Crippen LogP contribution in [0.1, 0.15) is 6.92 Å². The molecule has 16 heavy (non-hydrogen) atoms. The van der Waals surface area contributed by atoms with E-state index >= 15 is 0 Å². The number of rotatable bonds is 2. The monoisotopic (exact) mass is 260 g/mol. The Labute approximate surface area is 96.3 Å². The van der Waals surface area contributed by atoms with Crippen LogP contribution in [0.3, 0.4) is 0 Å². The lowest BCUT2D eigenvalue weighted by Crippen LogP contribution is -2.09.